The van der Waals surface area contributed by atoms with E-state index in [0.29, 0.717) is 5.92 Å². The van der Waals surface area contributed by atoms with Crippen molar-refractivity contribution >= 4 is 0 Å². The van der Waals surface area contributed by atoms with Gasteiger partial charge in [-0.3, -0.25) is 0 Å². The van der Waals surface area contributed by atoms with Gasteiger partial charge >= 0.3 is 0 Å². The predicted octanol–water partition coefficient (Wildman–Crippen LogP) is 4.38. The fraction of sp³-hybridized carbons (Fsp3) is 0.286. The summed E-state index contributed by atoms with van der Waals surface area (Å²) in [6.45, 7) is 6.52. The molecule has 0 fully saturated rings. The maximum absolute atomic E-state index is 5.44. The number of furan rings is 1. The van der Waals surface area contributed by atoms with E-state index in [-0.39, 0.29) is 0 Å². The van der Waals surface area contributed by atoms with Crippen LogP contribution in [0.1, 0.15) is 30.9 Å². The molecule has 0 radical (unpaired) electrons. The Morgan fingerprint density at radius 1 is 1.13 bits per heavy atom. The Hall–Kier alpha value is -1.50. The Kier molecular flexibility index (Phi) is 2.63. The van der Waals surface area contributed by atoms with Gasteiger partial charge in [0.05, 0.1) is 6.26 Å². The van der Waals surface area contributed by atoms with Crippen LogP contribution in [0.15, 0.2) is 41.0 Å². The van der Waals surface area contributed by atoms with E-state index in [1.54, 1.807) is 6.26 Å². The zero-order valence-electron chi connectivity index (χ0n) is 9.45. The molecule has 78 valence electrons. The van der Waals surface area contributed by atoms with Gasteiger partial charge in [0.15, 0.2) is 0 Å². The van der Waals surface area contributed by atoms with Crippen LogP contribution in [0.3, 0.4) is 0 Å². The first-order chi connectivity index (χ1) is 7.18. The van der Waals surface area contributed by atoms with Gasteiger partial charge in [-0.25, -0.2) is 0 Å². The Bertz CT molecular complexity index is 438. The Morgan fingerprint density at radius 2 is 1.93 bits per heavy atom. The molecule has 2 aromatic rings. The van der Waals surface area contributed by atoms with E-state index in [1.807, 2.05) is 12.1 Å². The molecule has 1 aromatic carbocycles. The molecule has 1 heterocycles. The summed E-state index contributed by atoms with van der Waals surface area (Å²) in [5, 5.41) is 0. The fourth-order valence-corrected chi connectivity index (χ4v) is 1.70. The molecular weight excluding hydrogens is 184 g/mol. The van der Waals surface area contributed by atoms with Gasteiger partial charge in [0.1, 0.15) is 5.76 Å². The molecule has 0 spiro atoms. The molecule has 1 nitrogen and oxygen atoms in total. The van der Waals surface area contributed by atoms with E-state index < -0.39 is 0 Å². The second-order valence-electron chi connectivity index (χ2n) is 4.21. The Labute approximate surface area is 90.7 Å². The van der Waals surface area contributed by atoms with Gasteiger partial charge in [0, 0.05) is 5.56 Å². The van der Waals surface area contributed by atoms with Crippen molar-refractivity contribution in [2.75, 3.05) is 0 Å². The van der Waals surface area contributed by atoms with Crippen molar-refractivity contribution in [3.8, 4) is 11.3 Å². The second-order valence-corrected chi connectivity index (χ2v) is 4.21. The quantitative estimate of drug-likeness (QED) is 0.701. The summed E-state index contributed by atoms with van der Waals surface area (Å²) in [5.74, 6) is 1.51. The van der Waals surface area contributed by atoms with Crippen LogP contribution in [0, 0.1) is 6.92 Å². The molecule has 0 aliphatic carbocycles. The predicted molar refractivity (Wildman–Crippen MR) is 63.0 cm³/mol. The van der Waals surface area contributed by atoms with Crippen LogP contribution in [-0.2, 0) is 0 Å². The molecular formula is C14H16O. The van der Waals surface area contributed by atoms with Crippen molar-refractivity contribution < 1.29 is 4.42 Å². The Balaban J connectivity index is 2.51. The minimum atomic E-state index is 0.555. The normalized spacial score (nSPS) is 10.9. The van der Waals surface area contributed by atoms with Gasteiger partial charge in [-0.2, -0.15) is 0 Å². The van der Waals surface area contributed by atoms with E-state index in [9.17, 15) is 0 Å². The lowest BCUT2D eigenvalue weighted by molar-refractivity contribution is 0.582. The van der Waals surface area contributed by atoms with Crippen molar-refractivity contribution in [3.05, 3.63) is 47.7 Å². The number of benzene rings is 1. The van der Waals surface area contributed by atoms with Crippen LogP contribution < -0.4 is 0 Å². The van der Waals surface area contributed by atoms with Gasteiger partial charge in [0.2, 0.25) is 0 Å². The van der Waals surface area contributed by atoms with E-state index in [1.165, 1.54) is 16.7 Å². The van der Waals surface area contributed by atoms with Gasteiger partial charge in [0.25, 0.3) is 0 Å². The average molecular weight is 200 g/mol. The van der Waals surface area contributed by atoms with Gasteiger partial charge in [-0.05, 0) is 42.2 Å². The van der Waals surface area contributed by atoms with Crippen molar-refractivity contribution in [3.63, 3.8) is 0 Å². The number of aryl methyl sites for hydroxylation is 1. The highest BCUT2D eigenvalue weighted by molar-refractivity contribution is 5.63. The third-order valence-corrected chi connectivity index (χ3v) is 2.71. The largest absolute Gasteiger partial charge is 0.464 e. The standard InChI is InChI=1S/C14H16O/c1-10(2)12-7-6-11(3)13(9-12)14-5-4-8-15-14/h4-10H,1-3H3. The van der Waals surface area contributed by atoms with Gasteiger partial charge in [-0.15, -0.1) is 0 Å². The first-order valence-electron chi connectivity index (χ1n) is 5.33. The monoisotopic (exact) mass is 200 g/mol. The van der Waals surface area contributed by atoms with E-state index in [0.717, 1.165) is 5.76 Å². The number of hydrogen-bond acceptors (Lipinski definition) is 1. The van der Waals surface area contributed by atoms with E-state index in [2.05, 4.69) is 39.0 Å². The van der Waals surface area contributed by atoms with E-state index >= 15 is 0 Å². The highest BCUT2D eigenvalue weighted by Gasteiger charge is 2.07. The zero-order valence-corrected chi connectivity index (χ0v) is 9.45. The topological polar surface area (TPSA) is 13.1 Å². The summed E-state index contributed by atoms with van der Waals surface area (Å²) in [7, 11) is 0. The summed E-state index contributed by atoms with van der Waals surface area (Å²) in [5.41, 5.74) is 3.81. The summed E-state index contributed by atoms with van der Waals surface area (Å²) >= 11 is 0. The lowest BCUT2D eigenvalue weighted by atomic mass is 9.97. The minimum Gasteiger partial charge on any atom is -0.464 e. The first kappa shape index (κ1) is 10.0. The number of hydrogen-bond donors (Lipinski definition) is 0. The molecule has 0 unspecified atom stereocenters. The van der Waals surface area contributed by atoms with Crippen LogP contribution in [0.5, 0.6) is 0 Å². The van der Waals surface area contributed by atoms with Crippen molar-refractivity contribution in [2.24, 2.45) is 0 Å². The fourth-order valence-electron chi connectivity index (χ4n) is 1.70. The van der Waals surface area contributed by atoms with Crippen LogP contribution in [0.25, 0.3) is 11.3 Å². The molecule has 1 aromatic heterocycles. The lowest BCUT2D eigenvalue weighted by Gasteiger charge is -2.09. The third-order valence-electron chi connectivity index (χ3n) is 2.71. The summed E-state index contributed by atoms with van der Waals surface area (Å²) < 4.78 is 5.44. The molecule has 0 N–H and O–H groups in total. The molecule has 0 aliphatic heterocycles. The summed E-state index contributed by atoms with van der Waals surface area (Å²) in [6, 6.07) is 10.5. The third kappa shape index (κ3) is 1.96. The second kappa shape index (κ2) is 3.93. The SMILES string of the molecule is Cc1ccc(C(C)C)cc1-c1ccco1. The van der Waals surface area contributed by atoms with Crippen molar-refractivity contribution in [2.45, 2.75) is 26.7 Å². The molecule has 0 bridgehead atoms. The van der Waals surface area contributed by atoms with E-state index in [4.69, 9.17) is 4.42 Å². The van der Waals surface area contributed by atoms with Crippen LogP contribution in [-0.4, -0.2) is 0 Å². The first-order valence-corrected chi connectivity index (χ1v) is 5.33. The van der Waals surface area contributed by atoms with Gasteiger partial charge in [-0.1, -0.05) is 26.0 Å². The summed E-state index contributed by atoms with van der Waals surface area (Å²) in [4.78, 5) is 0. The van der Waals surface area contributed by atoms with Crippen LogP contribution in [0.2, 0.25) is 0 Å². The average Bonchev–Trinajstić information content (AvgIpc) is 2.71. The lowest BCUT2D eigenvalue weighted by Crippen LogP contribution is -1.89. The molecule has 0 saturated heterocycles. The maximum atomic E-state index is 5.44. The Morgan fingerprint density at radius 3 is 2.53 bits per heavy atom. The molecule has 0 atom stereocenters. The summed E-state index contributed by atoms with van der Waals surface area (Å²) in [6.07, 6.45) is 1.72. The van der Waals surface area contributed by atoms with Crippen molar-refractivity contribution in [1.29, 1.82) is 0 Å². The highest BCUT2D eigenvalue weighted by Crippen LogP contribution is 2.27. The molecule has 0 saturated carbocycles. The zero-order chi connectivity index (χ0) is 10.8. The maximum Gasteiger partial charge on any atom is 0.134 e. The van der Waals surface area contributed by atoms with Crippen molar-refractivity contribution in [1.82, 2.24) is 0 Å². The van der Waals surface area contributed by atoms with Crippen LogP contribution >= 0.6 is 0 Å². The molecule has 0 aliphatic rings. The number of rotatable bonds is 2. The highest BCUT2D eigenvalue weighted by atomic mass is 16.3. The smallest absolute Gasteiger partial charge is 0.134 e. The minimum absolute atomic E-state index is 0.555. The van der Waals surface area contributed by atoms with Gasteiger partial charge < -0.3 is 4.42 Å². The molecule has 0 amide bonds. The molecule has 2 rings (SSSR count). The molecule has 1 heteroatoms. The molecule has 15 heavy (non-hydrogen) atoms. The van der Waals surface area contributed by atoms with Crippen LogP contribution in [0.4, 0.5) is 0 Å².